The van der Waals surface area contributed by atoms with Crippen LogP contribution in [0, 0.1) is 0 Å². The summed E-state index contributed by atoms with van der Waals surface area (Å²) in [4.78, 5) is 0. The zero-order valence-corrected chi connectivity index (χ0v) is 12.6. The number of phenols is 1. The minimum Gasteiger partial charge on any atom is -0.508 e. The lowest BCUT2D eigenvalue weighted by molar-refractivity contribution is 0.392. The molecular formula is C14H22N2O3S. The number of sulfonamides is 1. The van der Waals surface area contributed by atoms with E-state index < -0.39 is 10.0 Å². The Morgan fingerprint density at radius 2 is 2.20 bits per heavy atom. The second-order valence-corrected chi connectivity index (χ2v) is 7.36. The molecule has 0 bridgehead atoms. The molecule has 0 amide bonds. The highest BCUT2D eigenvalue weighted by Crippen LogP contribution is 2.22. The lowest BCUT2D eigenvalue weighted by Gasteiger charge is -2.25. The van der Waals surface area contributed by atoms with Gasteiger partial charge in [0.15, 0.2) is 0 Å². The summed E-state index contributed by atoms with van der Waals surface area (Å²) in [6, 6.07) is 6.60. The predicted octanol–water partition coefficient (Wildman–Crippen LogP) is 1.69. The maximum atomic E-state index is 12.3. The normalized spacial score (nSPS) is 19.8. The van der Waals surface area contributed by atoms with Crippen LogP contribution >= 0.6 is 0 Å². The highest BCUT2D eigenvalue weighted by molar-refractivity contribution is 7.92. The summed E-state index contributed by atoms with van der Waals surface area (Å²) >= 11 is 0. The quantitative estimate of drug-likeness (QED) is 0.868. The van der Waals surface area contributed by atoms with E-state index in [1.165, 1.54) is 36.3 Å². The molecule has 0 saturated carbocycles. The molecule has 1 aliphatic heterocycles. The molecule has 5 nitrogen and oxygen atoms in total. The zero-order chi connectivity index (χ0) is 14.6. The monoisotopic (exact) mass is 298 g/mol. The Morgan fingerprint density at radius 1 is 1.40 bits per heavy atom. The van der Waals surface area contributed by atoms with E-state index in [2.05, 4.69) is 5.32 Å². The smallest absolute Gasteiger partial charge is 0.234 e. The molecule has 1 aromatic carbocycles. The fourth-order valence-corrected chi connectivity index (χ4v) is 3.74. The average molecular weight is 298 g/mol. The molecule has 1 atom stereocenters. The molecule has 0 spiro atoms. The Labute approximate surface area is 120 Å². The largest absolute Gasteiger partial charge is 0.508 e. The first-order valence-corrected chi connectivity index (χ1v) is 8.59. The van der Waals surface area contributed by atoms with Gasteiger partial charge in [0.25, 0.3) is 0 Å². The topological polar surface area (TPSA) is 69.6 Å². The van der Waals surface area contributed by atoms with Crippen LogP contribution in [0.3, 0.4) is 0 Å². The molecule has 2 N–H and O–H groups in total. The molecule has 0 aromatic heterocycles. The first-order valence-electron chi connectivity index (χ1n) is 6.98. The van der Waals surface area contributed by atoms with Crippen molar-refractivity contribution < 1.29 is 13.5 Å². The average Bonchev–Trinajstić information content (AvgIpc) is 2.45. The predicted molar refractivity (Wildman–Crippen MR) is 80.6 cm³/mol. The van der Waals surface area contributed by atoms with Crippen molar-refractivity contribution in [3.63, 3.8) is 0 Å². The summed E-state index contributed by atoms with van der Waals surface area (Å²) in [6.45, 7) is 0.979. The van der Waals surface area contributed by atoms with E-state index in [4.69, 9.17) is 0 Å². The fraction of sp³-hybridized carbons (Fsp3) is 0.571. The summed E-state index contributed by atoms with van der Waals surface area (Å²) in [5.74, 6) is 0.190. The van der Waals surface area contributed by atoms with Crippen LogP contribution < -0.4 is 9.62 Å². The summed E-state index contributed by atoms with van der Waals surface area (Å²) < 4.78 is 25.8. The maximum Gasteiger partial charge on any atom is 0.234 e. The first-order chi connectivity index (χ1) is 9.49. The standard InChI is InChI=1S/C14H22N2O3S/c1-16(13-6-4-7-14(17)11-13)20(18,19)10-8-12-5-2-3-9-15-12/h4,6-7,11-12,15,17H,2-3,5,8-10H2,1H3. The van der Waals surface area contributed by atoms with Crippen LogP contribution in [0.1, 0.15) is 25.7 Å². The van der Waals surface area contributed by atoms with E-state index in [9.17, 15) is 13.5 Å². The van der Waals surface area contributed by atoms with Crippen molar-refractivity contribution >= 4 is 15.7 Å². The van der Waals surface area contributed by atoms with Crippen LogP contribution in [0.25, 0.3) is 0 Å². The summed E-state index contributed by atoms with van der Waals surface area (Å²) in [6.07, 6.45) is 4.02. The molecule has 1 unspecified atom stereocenters. The molecule has 1 aromatic rings. The van der Waals surface area contributed by atoms with Crippen molar-refractivity contribution in [1.82, 2.24) is 5.32 Å². The number of nitrogens with zero attached hydrogens (tertiary/aromatic N) is 1. The van der Waals surface area contributed by atoms with E-state index in [1.54, 1.807) is 12.1 Å². The van der Waals surface area contributed by atoms with Gasteiger partial charge in [0.2, 0.25) is 10.0 Å². The van der Waals surface area contributed by atoms with Gasteiger partial charge in [-0.3, -0.25) is 4.31 Å². The van der Waals surface area contributed by atoms with Crippen LogP contribution in [0.4, 0.5) is 5.69 Å². The summed E-state index contributed by atoms with van der Waals surface area (Å²) in [7, 11) is -1.82. The minimum atomic E-state index is -3.35. The van der Waals surface area contributed by atoms with Gasteiger partial charge in [-0.25, -0.2) is 8.42 Å². The fourth-order valence-electron chi connectivity index (χ4n) is 2.45. The molecule has 0 aliphatic carbocycles. The lowest BCUT2D eigenvalue weighted by atomic mass is 10.0. The van der Waals surface area contributed by atoms with Gasteiger partial charge in [0.05, 0.1) is 11.4 Å². The summed E-state index contributed by atoms with van der Waals surface area (Å²) in [5.41, 5.74) is 0.488. The van der Waals surface area contributed by atoms with Crippen molar-refractivity contribution in [1.29, 1.82) is 0 Å². The van der Waals surface area contributed by atoms with Crippen molar-refractivity contribution in [3.05, 3.63) is 24.3 Å². The number of hydrogen-bond acceptors (Lipinski definition) is 4. The third-order valence-corrected chi connectivity index (χ3v) is 5.54. The number of rotatable bonds is 5. The third-order valence-electron chi connectivity index (χ3n) is 3.75. The molecule has 112 valence electrons. The van der Waals surface area contributed by atoms with Crippen molar-refractivity contribution in [3.8, 4) is 5.75 Å². The Bertz CT molecular complexity index is 539. The number of nitrogens with one attached hydrogen (secondary N) is 1. The number of phenolic OH excluding ortho intramolecular Hbond substituents is 1. The maximum absolute atomic E-state index is 12.3. The Hall–Kier alpha value is -1.27. The van der Waals surface area contributed by atoms with Gasteiger partial charge in [-0.05, 0) is 37.9 Å². The first kappa shape index (κ1) is 15.1. The Morgan fingerprint density at radius 3 is 2.85 bits per heavy atom. The van der Waals surface area contributed by atoms with E-state index in [1.807, 2.05) is 0 Å². The van der Waals surface area contributed by atoms with Crippen LogP contribution in [0.2, 0.25) is 0 Å². The van der Waals surface area contributed by atoms with E-state index in [0.29, 0.717) is 18.2 Å². The van der Waals surface area contributed by atoms with Crippen LogP contribution in [-0.4, -0.2) is 38.9 Å². The number of anilines is 1. The van der Waals surface area contributed by atoms with Gasteiger partial charge in [-0.2, -0.15) is 0 Å². The van der Waals surface area contributed by atoms with E-state index in [0.717, 1.165) is 13.0 Å². The van der Waals surface area contributed by atoms with Gasteiger partial charge in [0.1, 0.15) is 5.75 Å². The van der Waals surface area contributed by atoms with Gasteiger partial charge in [-0.15, -0.1) is 0 Å². The van der Waals surface area contributed by atoms with Gasteiger partial charge >= 0.3 is 0 Å². The van der Waals surface area contributed by atoms with Gasteiger partial charge in [0, 0.05) is 19.2 Å². The lowest BCUT2D eigenvalue weighted by Crippen LogP contribution is -2.37. The third kappa shape index (κ3) is 3.86. The van der Waals surface area contributed by atoms with E-state index >= 15 is 0 Å². The van der Waals surface area contributed by atoms with E-state index in [-0.39, 0.29) is 11.5 Å². The second kappa shape index (κ2) is 6.45. The highest BCUT2D eigenvalue weighted by atomic mass is 32.2. The Balaban J connectivity index is 1.98. The van der Waals surface area contributed by atoms with Crippen LogP contribution in [0.15, 0.2) is 24.3 Å². The number of hydrogen-bond donors (Lipinski definition) is 2. The number of aromatic hydroxyl groups is 1. The van der Waals surface area contributed by atoms with Crippen LogP contribution in [-0.2, 0) is 10.0 Å². The van der Waals surface area contributed by atoms with Crippen molar-refractivity contribution in [2.75, 3.05) is 23.7 Å². The van der Waals surface area contributed by atoms with Crippen LogP contribution in [0.5, 0.6) is 5.75 Å². The highest BCUT2D eigenvalue weighted by Gasteiger charge is 2.21. The number of piperidine rings is 1. The van der Waals surface area contributed by atoms with Crippen molar-refractivity contribution in [2.24, 2.45) is 0 Å². The molecule has 2 rings (SSSR count). The Kier molecular flexibility index (Phi) is 4.88. The molecule has 6 heteroatoms. The number of benzene rings is 1. The minimum absolute atomic E-state index is 0.0681. The van der Waals surface area contributed by atoms with Gasteiger partial charge < -0.3 is 10.4 Å². The second-order valence-electron chi connectivity index (χ2n) is 5.24. The summed E-state index contributed by atoms with van der Waals surface area (Å²) in [5, 5.41) is 12.8. The molecule has 20 heavy (non-hydrogen) atoms. The molecule has 0 radical (unpaired) electrons. The zero-order valence-electron chi connectivity index (χ0n) is 11.7. The van der Waals surface area contributed by atoms with Gasteiger partial charge in [-0.1, -0.05) is 12.5 Å². The molecule has 1 saturated heterocycles. The SMILES string of the molecule is CN(c1cccc(O)c1)S(=O)(=O)CCC1CCCCN1. The molecule has 1 heterocycles. The van der Waals surface area contributed by atoms with Crippen molar-refractivity contribution in [2.45, 2.75) is 31.7 Å². The molecule has 1 fully saturated rings. The molecular weight excluding hydrogens is 276 g/mol. The molecule has 1 aliphatic rings.